The highest BCUT2D eigenvalue weighted by Crippen LogP contribution is 2.35. The van der Waals surface area contributed by atoms with Crippen molar-refractivity contribution in [2.45, 2.75) is 19.1 Å². The Hall–Kier alpha value is -1.53. The van der Waals surface area contributed by atoms with Crippen molar-refractivity contribution >= 4 is 18.4 Å². The Balaban J connectivity index is 0.00000361. The van der Waals surface area contributed by atoms with Crippen LogP contribution in [0.3, 0.4) is 0 Å². The second kappa shape index (κ2) is 8.60. The van der Waals surface area contributed by atoms with Crippen LogP contribution in [0.15, 0.2) is 18.2 Å². The fourth-order valence-electron chi connectivity index (χ4n) is 1.72. The van der Waals surface area contributed by atoms with Crippen LogP contribution in [0, 0.1) is 0 Å². The van der Waals surface area contributed by atoms with Crippen LogP contribution in [0.4, 0.5) is 4.39 Å². The van der Waals surface area contributed by atoms with E-state index < -0.39 is 18.2 Å². The van der Waals surface area contributed by atoms with Crippen molar-refractivity contribution in [2.24, 2.45) is 5.73 Å². The zero-order valence-electron chi connectivity index (χ0n) is 11.6. The number of halogens is 2. The van der Waals surface area contributed by atoms with Crippen LogP contribution in [0.5, 0.6) is 11.5 Å². The number of rotatable bonds is 6. The van der Waals surface area contributed by atoms with E-state index in [0.717, 1.165) is 0 Å². The maximum absolute atomic E-state index is 14.0. The molecule has 114 valence electrons. The molecular formula is C13H19ClFNO4. The SMILES string of the molecule is CCOC(=O)C(F)[C@@H](N)c1c(OC)cccc1OC.Cl. The minimum Gasteiger partial charge on any atom is -0.496 e. The molecule has 0 radical (unpaired) electrons. The van der Waals surface area contributed by atoms with Crippen LogP contribution in [0.2, 0.25) is 0 Å². The Bertz CT molecular complexity index is 422. The first kappa shape index (κ1) is 18.5. The highest BCUT2D eigenvalue weighted by atomic mass is 35.5. The number of alkyl halides is 1. The zero-order chi connectivity index (χ0) is 14.4. The predicted octanol–water partition coefficient (Wildman–Crippen LogP) is 2.03. The van der Waals surface area contributed by atoms with E-state index in [1.165, 1.54) is 14.2 Å². The zero-order valence-corrected chi connectivity index (χ0v) is 12.4. The molecule has 1 rings (SSSR count). The van der Waals surface area contributed by atoms with Gasteiger partial charge in [-0.15, -0.1) is 12.4 Å². The van der Waals surface area contributed by atoms with Gasteiger partial charge in [0.2, 0.25) is 6.17 Å². The third-order valence-corrected chi connectivity index (χ3v) is 2.63. The maximum Gasteiger partial charge on any atom is 0.342 e. The van der Waals surface area contributed by atoms with Crippen LogP contribution in [-0.4, -0.2) is 33.0 Å². The quantitative estimate of drug-likeness (QED) is 0.814. The molecule has 7 heteroatoms. The summed E-state index contributed by atoms with van der Waals surface area (Å²) in [6.07, 6.45) is -1.98. The molecular weight excluding hydrogens is 289 g/mol. The number of hydrogen-bond donors (Lipinski definition) is 1. The minimum atomic E-state index is -1.98. The van der Waals surface area contributed by atoms with E-state index in [0.29, 0.717) is 17.1 Å². The van der Waals surface area contributed by atoms with Gasteiger partial charge in [-0.1, -0.05) is 6.07 Å². The van der Waals surface area contributed by atoms with Crippen molar-refractivity contribution in [1.82, 2.24) is 0 Å². The van der Waals surface area contributed by atoms with Gasteiger partial charge in [-0.3, -0.25) is 0 Å². The molecule has 1 unspecified atom stereocenters. The molecule has 0 heterocycles. The summed E-state index contributed by atoms with van der Waals surface area (Å²) in [6.45, 7) is 1.69. The molecule has 0 bridgehead atoms. The van der Waals surface area contributed by atoms with E-state index in [-0.39, 0.29) is 19.0 Å². The van der Waals surface area contributed by atoms with Crippen molar-refractivity contribution in [1.29, 1.82) is 0 Å². The fraction of sp³-hybridized carbons (Fsp3) is 0.462. The van der Waals surface area contributed by atoms with Crippen molar-refractivity contribution in [3.63, 3.8) is 0 Å². The lowest BCUT2D eigenvalue weighted by molar-refractivity contribution is -0.149. The molecule has 0 amide bonds. The maximum atomic E-state index is 14.0. The molecule has 0 fully saturated rings. The number of nitrogens with two attached hydrogens (primary N) is 1. The van der Waals surface area contributed by atoms with Crippen molar-refractivity contribution in [2.75, 3.05) is 20.8 Å². The fourth-order valence-corrected chi connectivity index (χ4v) is 1.72. The van der Waals surface area contributed by atoms with Crippen molar-refractivity contribution in [3.8, 4) is 11.5 Å². The third-order valence-electron chi connectivity index (χ3n) is 2.63. The smallest absolute Gasteiger partial charge is 0.342 e. The predicted molar refractivity (Wildman–Crippen MR) is 75.3 cm³/mol. The van der Waals surface area contributed by atoms with E-state index in [2.05, 4.69) is 4.74 Å². The van der Waals surface area contributed by atoms with E-state index in [9.17, 15) is 9.18 Å². The van der Waals surface area contributed by atoms with Crippen LogP contribution < -0.4 is 15.2 Å². The number of esters is 1. The summed E-state index contributed by atoms with van der Waals surface area (Å²) in [7, 11) is 2.87. The molecule has 0 saturated heterocycles. The van der Waals surface area contributed by atoms with Crippen LogP contribution >= 0.6 is 12.4 Å². The van der Waals surface area contributed by atoms with Crippen LogP contribution in [-0.2, 0) is 9.53 Å². The summed E-state index contributed by atoms with van der Waals surface area (Å²) in [5.74, 6) is -0.277. The van der Waals surface area contributed by atoms with Gasteiger partial charge >= 0.3 is 5.97 Å². The standard InChI is InChI=1S/C13H18FNO4.ClH/c1-4-19-13(16)11(14)12(15)10-8(17-2)6-5-7-9(10)18-3;/h5-7,11-12H,4,15H2,1-3H3;1H/t11?,12-;/m0./s1. The largest absolute Gasteiger partial charge is 0.496 e. The molecule has 2 N–H and O–H groups in total. The molecule has 0 aliphatic rings. The van der Waals surface area contributed by atoms with Gasteiger partial charge in [0.1, 0.15) is 11.5 Å². The molecule has 2 atom stereocenters. The van der Waals surface area contributed by atoms with Gasteiger partial charge in [-0.25, -0.2) is 9.18 Å². The highest BCUT2D eigenvalue weighted by molar-refractivity contribution is 5.85. The second-order valence-corrected chi connectivity index (χ2v) is 3.76. The summed E-state index contributed by atoms with van der Waals surface area (Å²) in [5, 5.41) is 0. The van der Waals surface area contributed by atoms with Crippen LogP contribution in [0.25, 0.3) is 0 Å². The number of ether oxygens (including phenoxy) is 3. The normalized spacial score (nSPS) is 12.8. The van der Waals surface area contributed by atoms with Gasteiger partial charge in [0.05, 0.1) is 32.4 Å². The summed E-state index contributed by atoms with van der Waals surface area (Å²) >= 11 is 0. The van der Waals surface area contributed by atoms with Gasteiger partial charge in [0, 0.05) is 0 Å². The molecule has 0 aliphatic carbocycles. The number of benzene rings is 1. The number of carbonyl (C=O) groups excluding carboxylic acids is 1. The molecule has 0 aliphatic heterocycles. The summed E-state index contributed by atoms with van der Waals surface area (Å²) in [5.41, 5.74) is 6.09. The number of carbonyl (C=O) groups is 1. The number of methoxy groups -OCH3 is 2. The molecule has 0 spiro atoms. The number of hydrogen-bond acceptors (Lipinski definition) is 5. The highest BCUT2D eigenvalue weighted by Gasteiger charge is 2.32. The third kappa shape index (κ3) is 3.98. The van der Waals surface area contributed by atoms with Gasteiger partial charge in [-0.05, 0) is 19.1 Å². The Labute approximate surface area is 123 Å². The molecule has 1 aromatic carbocycles. The van der Waals surface area contributed by atoms with Crippen LogP contribution in [0.1, 0.15) is 18.5 Å². The molecule has 1 aromatic rings. The van der Waals surface area contributed by atoms with E-state index >= 15 is 0 Å². The van der Waals surface area contributed by atoms with E-state index in [4.69, 9.17) is 15.2 Å². The lowest BCUT2D eigenvalue weighted by atomic mass is 10.0. The summed E-state index contributed by atoms with van der Waals surface area (Å²) in [4.78, 5) is 11.4. The Kier molecular flexibility index (Phi) is 7.94. The summed E-state index contributed by atoms with van der Waals surface area (Å²) in [6, 6.07) is 3.71. The first-order valence-electron chi connectivity index (χ1n) is 5.84. The Morgan fingerprint density at radius 2 is 1.80 bits per heavy atom. The van der Waals surface area contributed by atoms with Crippen molar-refractivity contribution in [3.05, 3.63) is 23.8 Å². The van der Waals surface area contributed by atoms with Gasteiger partial charge in [0.25, 0.3) is 0 Å². The van der Waals surface area contributed by atoms with Gasteiger partial charge < -0.3 is 19.9 Å². The summed E-state index contributed by atoms with van der Waals surface area (Å²) < 4.78 is 28.8. The average molecular weight is 308 g/mol. The monoisotopic (exact) mass is 307 g/mol. The first-order chi connectivity index (χ1) is 9.06. The molecule has 5 nitrogen and oxygen atoms in total. The van der Waals surface area contributed by atoms with Crippen molar-refractivity contribution < 1.29 is 23.4 Å². The Morgan fingerprint density at radius 1 is 1.30 bits per heavy atom. The average Bonchev–Trinajstić information content (AvgIpc) is 2.44. The van der Waals surface area contributed by atoms with E-state index in [1.807, 2.05) is 0 Å². The van der Waals surface area contributed by atoms with Gasteiger partial charge in [-0.2, -0.15) is 0 Å². The van der Waals surface area contributed by atoms with E-state index in [1.54, 1.807) is 25.1 Å². The van der Waals surface area contributed by atoms with Gasteiger partial charge in [0.15, 0.2) is 0 Å². The first-order valence-corrected chi connectivity index (χ1v) is 5.84. The molecule has 0 saturated carbocycles. The minimum absolute atomic E-state index is 0. The topological polar surface area (TPSA) is 70.8 Å². The molecule has 0 aromatic heterocycles. The molecule has 20 heavy (non-hydrogen) atoms. The lowest BCUT2D eigenvalue weighted by Gasteiger charge is -2.20. The lowest BCUT2D eigenvalue weighted by Crippen LogP contribution is -2.32. The Morgan fingerprint density at radius 3 is 2.20 bits per heavy atom. The second-order valence-electron chi connectivity index (χ2n) is 3.76.